The fourth-order valence-corrected chi connectivity index (χ4v) is 4.60. The van der Waals surface area contributed by atoms with Gasteiger partial charge in [-0.15, -0.1) is 10.2 Å². The molecule has 2 aromatic heterocycles. The number of aromatic nitrogens is 3. The predicted molar refractivity (Wildman–Crippen MR) is 127 cm³/mol. The number of benzene rings is 4. The minimum absolute atomic E-state index is 0.850. The quantitative estimate of drug-likeness (QED) is 0.263. The largest absolute Gasteiger partial charge is 0.274 e. The maximum absolute atomic E-state index is 4.68. The van der Waals surface area contributed by atoms with Crippen molar-refractivity contribution in [2.24, 2.45) is 0 Å². The van der Waals surface area contributed by atoms with Gasteiger partial charge in [0, 0.05) is 20.8 Å². The standard InChI is InChI=1S/C26H16BrN3/c27-18-14-15-24-23(16-18)20-11-5-7-13-22(20)26-29-28-25(30(24)26)21-12-6-4-10-19(21)17-8-2-1-3-9-17/h1-16H. The third-order valence-corrected chi connectivity index (χ3v) is 6.07. The summed E-state index contributed by atoms with van der Waals surface area (Å²) in [4.78, 5) is 0. The summed E-state index contributed by atoms with van der Waals surface area (Å²) in [7, 11) is 0. The second-order valence-electron chi connectivity index (χ2n) is 7.30. The number of halogens is 1. The molecule has 0 radical (unpaired) electrons. The fraction of sp³-hybridized carbons (Fsp3) is 0. The van der Waals surface area contributed by atoms with Crippen LogP contribution >= 0.6 is 15.9 Å². The van der Waals surface area contributed by atoms with Gasteiger partial charge in [-0.1, -0.05) is 94.8 Å². The van der Waals surface area contributed by atoms with Crippen LogP contribution in [0.4, 0.5) is 0 Å². The van der Waals surface area contributed by atoms with Gasteiger partial charge in [-0.2, -0.15) is 0 Å². The first kappa shape index (κ1) is 17.4. The van der Waals surface area contributed by atoms with Crippen molar-refractivity contribution in [1.29, 1.82) is 0 Å². The van der Waals surface area contributed by atoms with E-state index >= 15 is 0 Å². The molecule has 0 saturated heterocycles. The summed E-state index contributed by atoms with van der Waals surface area (Å²) < 4.78 is 3.24. The van der Waals surface area contributed by atoms with E-state index in [-0.39, 0.29) is 0 Å². The van der Waals surface area contributed by atoms with Crippen LogP contribution in [0.2, 0.25) is 0 Å². The van der Waals surface area contributed by atoms with Gasteiger partial charge in [0.15, 0.2) is 11.5 Å². The Hall–Kier alpha value is -3.50. The van der Waals surface area contributed by atoms with E-state index in [2.05, 4.69) is 122 Å². The van der Waals surface area contributed by atoms with Gasteiger partial charge in [0.05, 0.1) is 5.52 Å². The van der Waals surface area contributed by atoms with Crippen molar-refractivity contribution in [2.45, 2.75) is 0 Å². The minimum atomic E-state index is 0.850. The van der Waals surface area contributed by atoms with E-state index in [4.69, 9.17) is 0 Å². The molecule has 0 unspecified atom stereocenters. The summed E-state index contributed by atoms with van der Waals surface area (Å²) in [6.45, 7) is 0. The molecule has 142 valence electrons. The molecule has 0 N–H and O–H groups in total. The fourth-order valence-electron chi connectivity index (χ4n) is 4.24. The highest BCUT2D eigenvalue weighted by Crippen LogP contribution is 2.36. The average Bonchev–Trinajstić information content (AvgIpc) is 3.25. The van der Waals surface area contributed by atoms with Crippen LogP contribution in [-0.2, 0) is 0 Å². The Bertz CT molecular complexity index is 1550. The Kier molecular flexibility index (Phi) is 3.93. The van der Waals surface area contributed by atoms with E-state index in [1.54, 1.807) is 0 Å². The zero-order chi connectivity index (χ0) is 20.1. The first-order chi connectivity index (χ1) is 14.8. The Morgan fingerprint density at radius 3 is 2.13 bits per heavy atom. The molecule has 4 aromatic carbocycles. The smallest absolute Gasteiger partial charge is 0.169 e. The maximum Gasteiger partial charge on any atom is 0.169 e. The Morgan fingerprint density at radius 2 is 1.30 bits per heavy atom. The minimum Gasteiger partial charge on any atom is -0.274 e. The van der Waals surface area contributed by atoms with E-state index in [9.17, 15) is 0 Å². The summed E-state index contributed by atoms with van der Waals surface area (Å²) in [5, 5.41) is 12.8. The van der Waals surface area contributed by atoms with Crippen LogP contribution in [0.3, 0.4) is 0 Å². The van der Waals surface area contributed by atoms with Crippen molar-refractivity contribution in [3.63, 3.8) is 0 Å². The first-order valence-electron chi connectivity index (χ1n) is 9.81. The number of nitrogens with zero attached hydrogens (tertiary/aromatic N) is 3. The zero-order valence-electron chi connectivity index (χ0n) is 16.0. The number of fused-ring (bicyclic) bond motifs is 6. The number of hydrogen-bond donors (Lipinski definition) is 0. The molecular formula is C26H16BrN3. The molecule has 0 aliphatic carbocycles. The van der Waals surface area contributed by atoms with Gasteiger partial charge in [-0.25, -0.2) is 0 Å². The normalized spacial score (nSPS) is 11.5. The molecular weight excluding hydrogens is 434 g/mol. The van der Waals surface area contributed by atoms with Gasteiger partial charge in [0.25, 0.3) is 0 Å². The molecule has 0 saturated carbocycles. The van der Waals surface area contributed by atoms with Crippen LogP contribution in [0.25, 0.3) is 49.8 Å². The lowest BCUT2D eigenvalue weighted by Gasteiger charge is -2.12. The van der Waals surface area contributed by atoms with Gasteiger partial charge in [-0.3, -0.25) is 4.40 Å². The monoisotopic (exact) mass is 449 g/mol. The topological polar surface area (TPSA) is 30.2 Å². The molecule has 0 bridgehead atoms. The van der Waals surface area contributed by atoms with Gasteiger partial charge in [0.2, 0.25) is 0 Å². The van der Waals surface area contributed by atoms with Crippen molar-refractivity contribution in [3.05, 3.63) is 102 Å². The van der Waals surface area contributed by atoms with E-state index in [0.717, 1.165) is 43.5 Å². The molecule has 30 heavy (non-hydrogen) atoms. The van der Waals surface area contributed by atoms with Crippen LogP contribution in [-0.4, -0.2) is 14.6 Å². The number of rotatable bonds is 2. The summed E-state index contributed by atoms with van der Waals surface area (Å²) >= 11 is 3.64. The number of pyridine rings is 1. The molecule has 2 heterocycles. The zero-order valence-corrected chi connectivity index (χ0v) is 17.5. The van der Waals surface area contributed by atoms with Gasteiger partial charge in [-0.05, 0) is 34.7 Å². The molecule has 6 rings (SSSR count). The third kappa shape index (κ3) is 2.57. The molecule has 0 atom stereocenters. The Labute approximate surface area is 181 Å². The molecule has 0 amide bonds. The van der Waals surface area contributed by atoms with E-state index in [0.29, 0.717) is 0 Å². The van der Waals surface area contributed by atoms with E-state index < -0.39 is 0 Å². The number of hydrogen-bond acceptors (Lipinski definition) is 2. The maximum atomic E-state index is 4.68. The highest BCUT2D eigenvalue weighted by Gasteiger charge is 2.18. The van der Waals surface area contributed by atoms with Gasteiger partial charge < -0.3 is 0 Å². The highest BCUT2D eigenvalue weighted by molar-refractivity contribution is 9.10. The van der Waals surface area contributed by atoms with Gasteiger partial charge >= 0.3 is 0 Å². The third-order valence-electron chi connectivity index (χ3n) is 5.57. The van der Waals surface area contributed by atoms with Crippen LogP contribution < -0.4 is 0 Å². The van der Waals surface area contributed by atoms with E-state index in [1.807, 2.05) is 6.07 Å². The van der Waals surface area contributed by atoms with Crippen molar-refractivity contribution in [2.75, 3.05) is 0 Å². The molecule has 6 aromatic rings. The molecule has 3 nitrogen and oxygen atoms in total. The molecule has 0 aliphatic rings. The second-order valence-corrected chi connectivity index (χ2v) is 8.22. The molecule has 0 aliphatic heterocycles. The Morgan fingerprint density at radius 1 is 0.600 bits per heavy atom. The lowest BCUT2D eigenvalue weighted by atomic mass is 9.99. The molecule has 0 spiro atoms. The summed E-state index contributed by atoms with van der Waals surface area (Å²) in [6, 6.07) is 33.6. The van der Waals surface area contributed by atoms with Crippen LogP contribution in [0.5, 0.6) is 0 Å². The SMILES string of the molecule is Brc1ccc2c(c1)c1ccccc1c1nnc(-c3ccccc3-c3ccccc3)n21. The van der Waals surface area contributed by atoms with Crippen LogP contribution in [0, 0.1) is 0 Å². The van der Waals surface area contributed by atoms with Crippen molar-refractivity contribution >= 4 is 43.3 Å². The van der Waals surface area contributed by atoms with Crippen molar-refractivity contribution in [1.82, 2.24) is 14.6 Å². The summed E-state index contributed by atoms with van der Waals surface area (Å²) in [5.41, 5.74) is 5.34. The summed E-state index contributed by atoms with van der Waals surface area (Å²) in [5.74, 6) is 0.850. The molecule has 0 fully saturated rings. The highest BCUT2D eigenvalue weighted by atomic mass is 79.9. The summed E-state index contributed by atoms with van der Waals surface area (Å²) in [6.07, 6.45) is 0. The molecule has 4 heteroatoms. The van der Waals surface area contributed by atoms with Crippen LogP contribution in [0.1, 0.15) is 0 Å². The van der Waals surface area contributed by atoms with Crippen molar-refractivity contribution in [3.8, 4) is 22.5 Å². The van der Waals surface area contributed by atoms with E-state index in [1.165, 1.54) is 10.8 Å². The lowest BCUT2D eigenvalue weighted by Crippen LogP contribution is -1.95. The van der Waals surface area contributed by atoms with Crippen molar-refractivity contribution < 1.29 is 0 Å². The predicted octanol–water partition coefficient (Wildman–Crippen LogP) is 7.13. The Balaban J connectivity index is 1.77. The first-order valence-corrected chi connectivity index (χ1v) is 10.6. The van der Waals surface area contributed by atoms with Gasteiger partial charge in [0.1, 0.15) is 0 Å². The van der Waals surface area contributed by atoms with Crippen LogP contribution in [0.15, 0.2) is 102 Å². The average molecular weight is 450 g/mol. The second kappa shape index (κ2) is 6.78. The lowest BCUT2D eigenvalue weighted by molar-refractivity contribution is 1.12.